The first-order valence-electron chi connectivity index (χ1n) is 6.53. The van der Waals surface area contributed by atoms with Crippen molar-refractivity contribution >= 4 is 15.9 Å². The van der Waals surface area contributed by atoms with Crippen LogP contribution in [0.2, 0.25) is 0 Å². The van der Waals surface area contributed by atoms with Crippen LogP contribution in [0.4, 0.5) is 0 Å². The highest BCUT2D eigenvalue weighted by Gasteiger charge is 2.10. The Morgan fingerprint density at radius 3 is 2.85 bits per heavy atom. The molecule has 20 heavy (non-hydrogen) atoms. The highest BCUT2D eigenvalue weighted by atomic mass is 79.9. The minimum absolute atomic E-state index is 0.405. The monoisotopic (exact) mass is 335 g/mol. The van der Waals surface area contributed by atoms with Crippen LogP contribution in [0.25, 0.3) is 0 Å². The van der Waals surface area contributed by atoms with Crippen LogP contribution >= 0.6 is 15.9 Å². The van der Waals surface area contributed by atoms with Crippen LogP contribution in [-0.2, 0) is 6.54 Å². The average Bonchev–Trinajstić information content (AvgIpc) is 2.41. The molecule has 0 aromatic carbocycles. The van der Waals surface area contributed by atoms with Gasteiger partial charge < -0.3 is 10.1 Å². The average molecular weight is 336 g/mol. The molecule has 0 fully saturated rings. The zero-order valence-electron chi connectivity index (χ0n) is 11.9. The lowest BCUT2D eigenvalue weighted by Gasteiger charge is -2.13. The van der Waals surface area contributed by atoms with Crippen LogP contribution < -0.4 is 10.1 Å². The predicted molar refractivity (Wildman–Crippen MR) is 83.0 cm³/mol. The molecule has 4 nitrogen and oxygen atoms in total. The summed E-state index contributed by atoms with van der Waals surface area (Å²) in [7, 11) is 0. The molecule has 2 heterocycles. The first-order chi connectivity index (χ1) is 9.56. The number of aryl methyl sites for hydroxylation is 1. The molecule has 0 amide bonds. The fraction of sp³-hybridized carbons (Fsp3) is 0.333. The first-order valence-corrected chi connectivity index (χ1v) is 7.33. The van der Waals surface area contributed by atoms with Crippen LogP contribution in [0.3, 0.4) is 0 Å². The summed E-state index contributed by atoms with van der Waals surface area (Å²) in [4.78, 5) is 8.57. The van der Waals surface area contributed by atoms with Crippen LogP contribution in [0.15, 0.2) is 35.1 Å². The molecule has 2 rings (SSSR count). The van der Waals surface area contributed by atoms with Gasteiger partial charge in [-0.25, -0.2) is 4.98 Å². The number of halogens is 1. The summed E-state index contributed by atoms with van der Waals surface area (Å²) in [5, 5.41) is 3.37. The van der Waals surface area contributed by atoms with Gasteiger partial charge in [0.1, 0.15) is 0 Å². The van der Waals surface area contributed by atoms with Gasteiger partial charge in [-0.1, -0.05) is 13.8 Å². The summed E-state index contributed by atoms with van der Waals surface area (Å²) < 4.78 is 6.83. The van der Waals surface area contributed by atoms with Crippen molar-refractivity contribution < 1.29 is 4.74 Å². The number of nitrogens with one attached hydrogen (secondary N) is 1. The Bertz CT molecular complexity index is 587. The molecule has 0 atom stereocenters. The number of ether oxygens (including phenoxy) is 1. The molecule has 0 aliphatic rings. The smallest absolute Gasteiger partial charge is 0.223 e. The van der Waals surface area contributed by atoms with E-state index in [2.05, 4.69) is 45.1 Å². The van der Waals surface area contributed by atoms with E-state index in [1.165, 1.54) is 0 Å². The molecule has 0 aliphatic carbocycles. The fourth-order valence-electron chi connectivity index (χ4n) is 1.68. The number of hydrogen-bond acceptors (Lipinski definition) is 4. The SMILES string of the molecule is Cc1ncccc1Oc1ncc(Br)cc1CNC(C)C. The molecule has 2 aromatic heterocycles. The molecule has 106 valence electrons. The van der Waals surface area contributed by atoms with E-state index in [0.717, 1.165) is 21.5 Å². The quantitative estimate of drug-likeness (QED) is 0.901. The minimum Gasteiger partial charge on any atom is -0.437 e. The lowest BCUT2D eigenvalue weighted by molar-refractivity contribution is 0.444. The van der Waals surface area contributed by atoms with Crippen LogP contribution in [0, 0.1) is 6.92 Å². The van der Waals surface area contributed by atoms with Crippen molar-refractivity contribution in [1.29, 1.82) is 0 Å². The van der Waals surface area contributed by atoms with Gasteiger partial charge in [0.15, 0.2) is 5.75 Å². The Hall–Kier alpha value is -1.46. The molecule has 0 bridgehead atoms. The van der Waals surface area contributed by atoms with Crippen LogP contribution in [0.1, 0.15) is 25.1 Å². The second kappa shape index (κ2) is 6.81. The lowest BCUT2D eigenvalue weighted by Crippen LogP contribution is -2.22. The van der Waals surface area contributed by atoms with E-state index in [1.807, 2.05) is 25.1 Å². The standard InChI is InChI=1S/C15H18BrN3O/c1-10(2)18-8-12-7-13(16)9-19-15(12)20-14-5-4-6-17-11(14)3/h4-7,9-10,18H,8H2,1-3H3. The molecule has 0 spiro atoms. The maximum absolute atomic E-state index is 5.89. The third-order valence-electron chi connectivity index (χ3n) is 2.76. The predicted octanol–water partition coefficient (Wildman–Crippen LogP) is 3.84. The normalized spacial score (nSPS) is 10.8. The molecule has 0 aliphatic heterocycles. The van der Waals surface area contributed by atoms with Crippen molar-refractivity contribution in [2.24, 2.45) is 0 Å². The molecule has 0 unspecified atom stereocenters. The zero-order chi connectivity index (χ0) is 14.5. The van der Waals surface area contributed by atoms with Crippen molar-refractivity contribution in [2.45, 2.75) is 33.4 Å². The Balaban J connectivity index is 2.24. The number of aromatic nitrogens is 2. The summed E-state index contributed by atoms with van der Waals surface area (Å²) in [6, 6.07) is 6.17. The van der Waals surface area contributed by atoms with E-state index >= 15 is 0 Å². The van der Waals surface area contributed by atoms with Gasteiger partial charge in [-0.15, -0.1) is 0 Å². The molecular formula is C15H18BrN3O. The molecular weight excluding hydrogens is 318 g/mol. The fourth-order valence-corrected chi connectivity index (χ4v) is 2.06. The van der Waals surface area contributed by atoms with Gasteiger partial charge >= 0.3 is 0 Å². The molecule has 0 saturated carbocycles. The second-order valence-corrected chi connectivity index (χ2v) is 5.76. The van der Waals surface area contributed by atoms with Gasteiger partial charge in [0.05, 0.1) is 5.69 Å². The van der Waals surface area contributed by atoms with Crippen LogP contribution in [-0.4, -0.2) is 16.0 Å². The summed E-state index contributed by atoms with van der Waals surface area (Å²) in [5.74, 6) is 1.34. The molecule has 1 N–H and O–H groups in total. The maximum Gasteiger partial charge on any atom is 0.223 e. The summed E-state index contributed by atoms with van der Waals surface area (Å²) in [6.45, 7) is 6.84. The summed E-state index contributed by atoms with van der Waals surface area (Å²) >= 11 is 3.45. The van der Waals surface area contributed by atoms with E-state index < -0.39 is 0 Å². The van der Waals surface area contributed by atoms with Crippen LogP contribution in [0.5, 0.6) is 11.6 Å². The van der Waals surface area contributed by atoms with Crippen molar-refractivity contribution in [3.63, 3.8) is 0 Å². The van der Waals surface area contributed by atoms with E-state index in [9.17, 15) is 0 Å². The van der Waals surface area contributed by atoms with Gasteiger partial charge in [0, 0.05) is 35.0 Å². The number of rotatable bonds is 5. The number of nitrogens with zero attached hydrogens (tertiary/aromatic N) is 2. The minimum atomic E-state index is 0.405. The number of pyridine rings is 2. The van der Waals surface area contributed by atoms with E-state index in [1.54, 1.807) is 12.4 Å². The van der Waals surface area contributed by atoms with E-state index in [0.29, 0.717) is 18.5 Å². The second-order valence-electron chi connectivity index (χ2n) is 4.84. The summed E-state index contributed by atoms with van der Waals surface area (Å²) in [5.41, 5.74) is 1.86. The van der Waals surface area contributed by atoms with E-state index in [-0.39, 0.29) is 0 Å². The zero-order valence-corrected chi connectivity index (χ0v) is 13.4. The third kappa shape index (κ3) is 4.02. The Labute approximate surface area is 127 Å². The summed E-state index contributed by atoms with van der Waals surface area (Å²) in [6.07, 6.45) is 3.48. The number of hydrogen-bond donors (Lipinski definition) is 1. The Morgan fingerprint density at radius 2 is 2.15 bits per heavy atom. The molecule has 0 radical (unpaired) electrons. The van der Waals surface area contributed by atoms with Gasteiger partial charge in [-0.2, -0.15) is 0 Å². The van der Waals surface area contributed by atoms with Gasteiger partial charge in [0.25, 0.3) is 0 Å². The lowest BCUT2D eigenvalue weighted by atomic mass is 10.2. The molecule has 0 saturated heterocycles. The van der Waals surface area contributed by atoms with Crippen molar-refractivity contribution in [3.8, 4) is 11.6 Å². The van der Waals surface area contributed by atoms with Gasteiger partial charge in [-0.3, -0.25) is 4.98 Å². The molecule has 2 aromatic rings. The largest absolute Gasteiger partial charge is 0.437 e. The van der Waals surface area contributed by atoms with E-state index in [4.69, 9.17) is 4.74 Å². The topological polar surface area (TPSA) is 47.0 Å². The van der Waals surface area contributed by atoms with Crippen molar-refractivity contribution in [3.05, 3.63) is 46.3 Å². The molecule has 5 heteroatoms. The Morgan fingerprint density at radius 1 is 1.35 bits per heavy atom. The Kier molecular flexibility index (Phi) is 5.09. The van der Waals surface area contributed by atoms with Crippen molar-refractivity contribution in [1.82, 2.24) is 15.3 Å². The highest BCUT2D eigenvalue weighted by Crippen LogP contribution is 2.26. The highest BCUT2D eigenvalue weighted by molar-refractivity contribution is 9.10. The van der Waals surface area contributed by atoms with Gasteiger partial charge in [0.2, 0.25) is 5.88 Å². The first kappa shape index (κ1) is 14.9. The van der Waals surface area contributed by atoms with Crippen molar-refractivity contribution in [2.75, 3.05) is 0 Å². The third-order valence-corrected chi connectivity index (χ3v) is 3.19. The van der Waals surface area contributed by atoms with Gasteiger partial charge in [-0.05, 0) is 41.1 Å². The maximum atomic E-state index is 5.89.